The van der Waals surface area contributed by atoms with E-state index in [1.54, 1.807) is 87.0 Å². The summed E-state index contributed by atoms with van der Waals surface area (Å²) < 4.78 is 17.1. The van der Waals surface area contributed by atoms with Crippen molar-refractivity contribution in [3.05, 3.63) is 94.0 Å². The second-order valence-electron chi connectivity index (χ2n) is 7.80. The van der Waals surface area contributed by atoms with Crippen LogP contribution in [0, 0.1) is 0 Å². The van der Waals surface area contributed by atoms with E-state index >= 15 is 0 Å². The number of benzene rings is 3. The van der Waals surface area contributed by atoms with Gasteiger partial charge in [0.25, 0.3) is 11.7 Å². The summed E-state index contributed by atoms with van der Waals surface area (Å²) in [5.41, 5.74) is 1.11. The maximum Gasteiger partial charge on any atom is 0.295 e. The summed E-state index contributed by atoms with van der Waals surface area (Å²) in [6.45, 7) is 0.285. The molecule has 1 amide bonds. The van der Waals surface area contributed by atoms with Crippen molar-refractivity contribution in [3.63, 3.8) is 0 Å². The van der Waals surface area contributed by atoms with E-state index in [0.717, 1.165) is 4.47 Å². The molecule has 1 N–H and O–H groups in total. The number of carbonyl (C=O) groups excluding carboxylic acids is 2. The van der Waals surface area contributed by atoms with Gasteiger partial charge in [-0.2, -0.15) is 0 Å². The number of likely N-dealkylation sites (tertiary alicyclic amines) is 1. The van der Waals surface area contributed by atoms with Crippen molar-refractivity contribution < 1.29 is 28.9 Å². The number of hydrogen-bond donors (Lipinski definition) is 1. The normalized spacial score (nSPS) is 16.9. The van der Waals surface area contributed by atoms with Crippen LogP contribution in [0.2, 0.25) is 0 Å². The van der Waals surface area contributed by atoms with Gasteiger partial charge in [-0.1, -0.05) is 40.2 Å². The van der Waals surface area contributed by atoms with Crippen LogP contribution in [0.3, 0.4) is 0 Å². The molecule has 7 nitrogen and oxygen atoms in total. The number of aliphatic hydroxyl groups excluding tert-OH is 1. The third-order valence-electron chi connectivity index (χ3n) is 5.73. The van der Waals surface area contributed by atoms with E-state index in [2.05, 4.69) is 15.9 Å². The topological polar surface area (TPSA) is 85.3 Å². The average Bonchev–Trinajstić information content (AvgIpc) is 3.14. The number of methoxy groups -OCH3 is 2. The van der Waals surface area contributed by atoms with Crippen LogP contribution in [-0.2, 0) is 9.59 Å². The summed E-state index contributed by atoms with van der Waals surface area (Å²) in [6, 6.07) is 20.3. The molecule has 1 aliphatic heterocycles. The molecule has 1 aliphatic rings. The van der Waals surface area contributed by atoms with Crippen LogP contribution in [0.1, 0.15) is 17.2 Å². The second kappa shape index (κ2) is 10.7. The number of nitrogens with zero attached hydrogens (tertiary/aromatic N) is 1. The summed E-state index contributed by atoms with van der Waals surface area (Å²) in [5, 5.41) is 11.1. The van der Waals surface area contributed by atoms with Crippen molar-refractivity contribution in [2.75, 3.05) is 27.4 Å². The van der Waals surface area contributed by atoms with Gasteiger partial charge < -0.3 is 24.2 Å². The fraction of sp³-hybridized carbons (Fsp3) is 0.185. The molecule has 0 radical (unpaired) electrons. The number of ether oxygens (including phenoxy) is 3. The quantitative estimate of drug-likeness (QED) is 0.248. The molecular formula is C27H24BrNO6. The number of hydrogen-bond acceptors (Lipinski definition) is 6. The Morgan fingerprint density at radius 1 is 0.914 bits per heavy atom. The fourth-order valence-corrected chi connectivity index (χ4v) is 4.23. The molecule has 3 aromatic rings. The molecular weight excluding hydrogens is 514 g/mol. The van der Waals surface area contributed by atoms with Crippen LogP contribution in [0.25, 0.3) is 5.76 Å². The molecule has 8 heteroatoms. The van der Waals surface area contributed by atoms with Gasteiger partial charge in [-0.05, 0) is 54.1 Å². The molecule has 1 atom stereocenters. The number of carbonyl (C=O) groups is 2. The lowest BCUT2D eigenvalue weighted by molar-refractivity contribution is -0.140. The lowest BCUT2D eigenvalue weighted by Gasteiger charge is -2.25. The van der Waals surface area contributed by atoms with E-state index in [0.29, 0.717) is 28.4 Å². The van der Waals surface area contributed by atoms with Crippen molar-refractivity contribution >= 4 is 33.4 Å². The summed E-state index contributed by atoms with van der Waals surface area (Å²) >= 11 is 3.37. The van der Waals surface area contributed by atoms with E-state index in [1.165, 1.54) is 4.90 Å². The zero-order chi connectivity index (χ0) is 24.9. The molecule has 1 heterocycles. The SMILES string of the molecule is COc1ccc(OCCN2C(=O)C(=O)/C(=C(\O)c3ccc(Br)cc3)C2c2cccc(OC)c2)cc1. The molecule has 0 spiro atoms. The van der Waals surface area contributed by atoms with E-state index in [9.17, 15) is 14.7 Å². The molecule has 3 aromatic carbocycles. The van der Waals surface area contributed by atoms with Gasteiger partial charge in [0.2, 0.25) is 0 Å². The molecule has 0 saturated carbocycles. The first kappa shape index (κ1) is 24.3. The third kappa shape index (κ3) is 5.17. The van der Waals surface area contributed by atoms with Crippen LogP contribution in [0.5, 0.6) is 17.2 Å². The Labute approximate surface area is 211 Å². The van der Waals surface area contributed by atoms with Gasteiger partial charge in [0.05, 0.1) is 32.4 Å². The molecule has 35 heavy (non-hydrogen) atoms. The highest BCUT2D eigenvalue weighted by atomic mass is 79.9. The smallest absolute Gasteiger partial charge is 0.295 e. The molecule has 1 fully saturated rings. The van der Waals surface area contributed by atoms with E-state index in [-0.39, 0.29) is 24.5 Å². The maximum absolute atomic E-state index is 13.1. The lowest BCUT2D eigenvalue weighted by Crippen LogP contribution is -2.33. The van der Waals surface area contributed by atoms with E-state index < -0.39 is 17.7 Å². The first-order valence-electron chi connectivity index (χ1n) is 10.9. The van der Waals surface area contributed by atoms with Crippen LogP contribution in [0.4, 0.5) is 0 Å². The van der Waals surface area contributed by atoms with Crippen LogP contribution >= 0.6 is 15.9 Å². The van der Waals surface area contributed by atoms with Crippen LogP contribution in [0.15, 0.2) is 82.8 Å². The Kier molecular flexibility index (Phi) is 7.41. The predicted octanol–water partition coefficient (Wildman–Crippen LogP) is 4.97. The van der Waals surface area contributed by atoms with Crippen molar-refractivity contribution in [2.45, 2.75) is 6.04 Å². The third-order valence-corrected chi connectivity index (χ3v) is 6.26. The average molecular weight is 538 g/mol. The lowest BCUT2D eigenvalue weighted by atomic mass is 9.95. The largest absolute Gasteiger partial charge is 0.507 e. The zero-order valence-electron chi connectivity index (χ0n) is 19.2. The highest BCUT2D eigenvalue weighted by Gasteiger charge is 2.46. The molecule has 1 unspecified atom stereocenters. The Hall–Kier alpha value is -3.78. The number of Topliss-reactive ketones (excluding diaryl/α,β-unsaturated/α-hetero) is 1. The molecule has 0 aromatic heterocycles. The van der Waals surface area contributed by atoms with Gasteiger partial charge >= 0.3 is 0 Å². The minimum atomic E-state index is -0.798. The summed E-state index contributed by atoms with van der Waals surface area (Å²) in [6.07, 6.45) is 0. The fourth-order valence-electron chi connectivity index (χ4n) is 3.97. The first-order valence-corrected chi connectivity index (χ1v) is 11.7. The monoisotopic (exact) mass is 537 g/mol. The summed E-state index contributed by atoms with van der Waals surface area (Å²) in [7, 11) is 3.12. The Morgan fingerprint density at radius 3 is 2.23 bits per heavy atom. The van der Waals surface area contributed by atoms with Crippen LogP contribution < -0.4 is 14.2 Å². The molecule has 0 aliphatic carbocycles. The predicted molar refractivity (Wildman–Crippen MR) is 135 cm³/mol. The van der Waals surface area contributed by atoms with E-state index in [1.807, 2.05) is 0 Å². The van der Waals surface area contributed by atoms with Crippen LogP contribution in [-0.4, -0.2) is 49.1 Å². The highest BCUT2D eigenvalue weighted by Crippen LogP contribution is 2.40. The van der Waals surface area contributed by atoms with Crippen molar-refractivity contribution in [1.29, 1.82) is 0 Å². The first-order chi connectivity index (χ1) is 16.9. The van der Waals surface area contributed by atoms with Crippen molar-refractivity contribution in [2.24, 2.45) is 0 Å². The van der Waals surface area contributed by atoms with Gasteiger partial charge in [0.1, 0.15) is 29.6 Å². The number of halogens is 1. The molecule has 4 rings (SSSR count). The zero-order valence-corrected chi connectivity index (χ0v) is 20.8. The Morgan fingerprint density at radius 2 is 1.57 bits per heavy atom. The number of aliphatic hydroxyl groups is 1. The molecule has 0 bridgehead atoms. The minimum absolute atomic E-state index is 0.0232. The molecule has 180 valence electrons. The van der Waals surface area contributed by atoms with Gasteiger partial charge in [0.15, 0.2) is 0 Å². The van der Waals surface area contributed by atoms with Gasteiger partial charge in [0, 0.05) is 10.0 Å². The Bertz CT molecular complexity index is 1250. The number of rotatable bonds is 8. The number of amides is 1. The number of ketones is 1. The summed E-state index contributed by atoms with van der Waals surface area (Å²) in [4.78, 5) is 27.6. The van der Waals surface area contributed by atoms with Gasteiger partial charge in [-0.25, -0.2) is 0 Å². The summed E-state index contributed by atoms with van der Waals surface area (Å²) in [5.74, 6) is 0.204. The minimum Gasteiger partial charge on any atom is -0.507 e. The Balaban J connectivity index is 1.68. The second-order valence-corrected chi connectivity index (χ2v) is 8.72. The standard InChI is InChI=1S/C27H24BrNO6/c1-33-20-10-12-21(13-11-20)35-15-14-29-24(18-4-3-5-22(16-18)34-2)23(26(31)27(29)32)25(30)17-6-8-19(28)9-7-17/h3-13,16,24,30H,14-15H2,1-2H3/b25-23-. The maximum atomic E-state index is 13.1. The van der Waals surface area contributed by atoms with Crippen molar-refractivity contribution in [1.82, 2.24) is 4.90 Å². The van der Waals surface area contributed by atoms with Gasteiger partial charge in [-0.3, -0.25) is 9.59 Å². The van der Waals surface area contributed by atoms with Crippen molar-refractivity contribution in [3.8, 4) is 17.2 Å². The van der Waals surface area contributed by atoms with E-state index in [4.69, 9.17) is 14.2 Å². The molecule has 1 saturated heterocycles. The highest BCUT2D eigenvalue weighted by molar-refractivity contribution is 9.10. The van der Waals surface area contributed by atoms with Gasteiger partial charge in [-0.15, -0.1) is 0 Å².